The molecule has 0 saturated heterocycles. The Morgan fingerprint density at radius 2 is 1.12 bits per heavy atom. The lowest BCUT2D eigenvalue weighted by molar-refractivity contribution is 0.691. The van der Waals surface area contributed by atoms with Crippen LogP contribution < -0.4 is 24.5 Å². The van der Waals surface area contributed by atoms with Crippen molar-refractivity contribution in [2.75, 3.05) is 80.9 Å². The fourth-order valence-corrected chi connectivity index (χ4v) is 3.84. The van der Waals surface area contributed by atoms with Crippen molar-refractivity contribution in [3.05, 3.63) is 42.0 Å². The average Bonchev–Trinajstić information content (AvgIpc) is 2.85. The van der Waals surface area contributed by atoms with Crippen molar-refractivity contribution in [2.24, 2.45) is 0 Å². The van der Waals surface area contributed by atoms with Gasteiger partial charge in [0.1, 0.15) is 6.17 Å². The summed E-state index contributed by atoms with van der Waals surface area (Å²) in [5, 5.41) is 0. The molecule has 140 valence electrons. The van der Waals surface area contributed by atoms with Crippen LogP contribution in [0.3, 0.4) is 0 Å². The van der Waals surface area contributed by atoms with Crippen molar-refractivity contribution in [2.45, 2.75) is 6.17 Å². The van der Waals surface area contributed by atoms with Crippen LogP contribution in [0.4, 0.5) is 28.4 Å². The quantitative estimate of drug-likeness (QED) is 0.834. The first kappa shape index (κ1) is 18.2. The number of rotatable bonds is 4. The Morgan fingerprint density at radius 1 is 0.692 bits per heavy atom. The van der Waals surface area contributed by atoms with E-state index in [0.29, 0.717) is 0 Å². The summed E-state index contributed by atoms with van der Waals surface area (Å²) >= 11 is 0. The minimum atomic E-state index is 0.151. The minimum Gasteiger partial charge on any atom is -0.378 e. The summed E-state index contributed by atoms with van der Waals surface area (Å²) < 4.78 is 0. The van der Waals surface area contributed by atoms with E-state index >= 15 is 0 Å². The van der Waals surface area contributed by atoms with Crippen LogP contribution in [0.5, 0.6) is 0 Å². The van der Waals surface area contributed by atoms with Crippen molar-refractivity contribution in [1.29, 1.82) is 0 Å². The second-order valence-corrected chi connectivity index (χ2v) is 7.67. The molecule has 0 bridgehead atoms. The second-order valence-electron chi connectivity index (χ2n) is 7.67. The van der Waals surface area contributed by atoms with E-state index in [1.54, 1.807) is 0 Å². The average molecular weight is 354 g/mol. The highest BCUT2D eigenvalue weighted by molar-refractivity contribution is 5.83. The van der Waals surface area contributed by atoms with Crippen LogP contribution in [-0.2, 0) is 0 Å². The van der Waals surface area contributed by atoms with Gasteiger partial charge >= 0.3 is 0 Å². The molecule has 0 N–H and O–H groups in total. The summed E-state index contributed by atoms with van der Waals surface area (Å²) in [7, 11) is 17.1. The topological polar surface area (TPSA) is 16.2 Å². The van der Waals surface area contributed by atoms with E-state index in [-0.39, 0.29) is 6.17 Å². The highest BCUT2D eigenvalue weighted by Crippen LogP contribution is 2.49. The molecule has 5 nitrogen and oxygen atoms in total. The van der Waals surface area contributed by atoms with Gasteiger partial charge in [0, 0.05) is 79.0 Å². The predicted octanol–water partition coefficient (Wildman–Crippen LogP) is 3.47. The Labute approximate surface area is 158 Å². The Hall–Kier alpha value is -2.56. The van der Waals surface area contributed by atoms with Crippen molar-refractivity contribution >= 4 is 28.4 Å². The fraction of sp³-hybridized carbons (Fsp3) is 0.429. The molecule has 0 radical (unpaired) electrons. The number of benzene rings is 2. The molecule has 0 atom stereocenters. The SMILES string of the molecule is CN(C)c1cc(N(C)C)c(C2N(C)c3ccccc3N2C)c(N(C)C)c1. The van der Waals surface area contributed by atoms with Crippen LogP contribution in [0.2, 0.25) is 0 Å². The van der Waals surface area contributed by atoms with Crippen LogP contribution in [-0.4, -0.2) is 56.4 Å². The van der Waals surface area contributed by atoms with Gasteiger partial charge in [0.05, 0.1) is 11.4 Å². The number of para-hydroxylation sites is 2. The summed E-state index contributed by atoms with van der Waals surface area (Å²) in [5.41, 5.74) is 7.57. The molecule has 0 fully saturated rings. The summed E-state index contributed by atoms with van der Waals surface area (Å²) in [4.78, 5) is 11.4. The van der Waals surface area contributed by atoms with Gasteiger partial charge in [-0.3, -0.25) is 0 Å². The first-order valence-electron chi connectivity index (χ1n) is 8.98. The van der Waals surface area contributed by atoms with E-state index < -0.39 is 0 Å². The third-order valence-electron chi connectivity index (χ3n) is 5.23. The summed E-state index contributed by atoms with van der Waals surface area (Å²) in [6.07, 6.45) is 0.151. The predicted molar refractivity (Wildman–Crippen MR) is 115 cm³/mol. The largest absolute Gasteiger partial charge is 0.378 e. The van der Waals surface area contributed by atoms with E-state index in [0.717, 1.165) is 0 Å². The van der Waals surface area contributed by atoms with Crippen molar-refractivity contribution in [1.82, 2.24) is 0 Å². The first-order chi connectivity index (χ1) is 12.2. The van der Waals surface area contributed by atoms with Crippen molar-refractivity contribution < 1.29 is 0 Å². The van der Waals surface area contributed by atoms with E-state index in [2.05, 4.69) is 117 Å². The highest BCUT2D eigenvalue weighted by atomic mass is 15.4. The van der Waals surface area contributed by atoms with E-state index in [1.165, 1.54) is 34.0 Å². The molecule has 1 heterocycles. The van der Waals surface area contributed by atoms with Crippen LogP contribution in [0.15, 0.2) is 36.4 Å². The first-order valence-corrected chi connectivity index (χ1v) is 8.98. The number of nitrogens with zero attached hydrogens (tertiary/aromatic N) is 5. The Kier molecular flexibility index (Phi) is 4.65. The summed E-state index contributed by atoms with van der Waals surface area (Å²) in [6.45, 7) is 0. The summed E-state index contributed by atoms with van der Waals surface area (Å²) in [6, 6.07) is 13.2. The monoisotopic (exact) mass is 353 g/mol. The fourth-order valence-electron chi connectivity index (χ4n) is 3.84. The van der Waals surface area contributed by atoms with Gasteiger partial charge in [0.25, 0.3) is 0 Å². The molecule has 1 aliphatic rings. The molecule has 1 aliphatic heterocycles. The lowest BCUT2D eigenvalue weighted by Crippen LogP contribution is -2.33. The highest BCUT2D eigenvalue weighted by Gasteiger charge is 2.36. The zero-order valence-corrected chi connectivity index (χ0v) is 17.3. The van der Waals surface area contributed by atoms with E-state index in [1.807, 2.05) is 0 Å². The third kappa shape index (κ3) is 2.81. The maximum absolute atomic E-state index is 2.38. The smallest absolute Gasteiger partial charge is 0.132 e. The molecule has 3 rings (SSSR count). The van der Waals surface area contributed by atoms with Gasteiger partial charge in [-0.15, -0.1) is 0 Å². The van der Waals surface area contributed by atoms with Gasteiger partial charge in [-0.25, -0.2) is 0 Å². The maximum Gasteiger partial charge on any atom is 0.132 e. The van der Waals surface area contributed by atoms with Crippen LogP contribution >= 0.6 is 0 Å². The van der Waals surface area contributed by atoms with E-state index in [9.17, 15) is 0 Å². The van der Waals surface area contributed by atoms with E-state index in [4.69, 9.17) is 0 Å². The molecule has 26 heavy (non-hydrogen) atoms. The van der Waals surface area contributed by atoms with Crippen LogP contribution in [0.1, 0.15) is 11.7 Å². The van der Waals surface area contributed by atoms with Crippen LogP contribution in [0.25, 0.3) is 0 Å². The van der Waals surface area contributed by atoms with Gasteiger partial charge < -0.3 is 24.5 Å². The minimum absolute atomic E-state index is 0.151. The summed E-state index contributed by atoms with van der Waals surface area (Å²) in [5.74, 6) is 0. The molecule has 0 unspecified atom stereocenters. The molecule has 0 saturated carbocycles. The molecule has 2 aromatic carbocycles. The Bertz CT molecular complexity index is 739. The second kappa shape index (κ2) is 6.63. The lowest BCUT2D eigenvalue weighted by Gasteiger charge is -2.35. The number of hydrogen-bond donors (Lipinski definition) is 0. The molecule has 0 aromatic heterocycles. The third-order valence-corrected chi connectivity index (χ3v) is 5.23. The molecule has 0 amide bonds. The molecular formula is C21H31N5. The maximum atomic E-state index is 2.38. The standard InChI is InChI=1S/C21H31N5/c1-22(2)15-13-18(23(3)4)20(19(14-15)24(5)6)21-25(7)16-11-9-10-12-17(16)26(21)8/h9-14,21H,1-8H3. The van der Waals surface area contributed by atoms with Crippen LogP contribution in [0, 0.1) is 0 Å². The molecular weight excluding hydrogens is 322 g/mol. The molecule has 0 spiro atoms. The molecule has 0 aliphatic carbocycles. The number of hydrogen-bond acceptors (Lipinski definition) is 5. The van der Waals surface area contributed by atoms with Gasteiger partial charge in [0.15, 0.2) is 0 Å². The van der Waals surface area contributed by atoms with Gasteiger partial charge in [-0.05, 0) is 24.3 Å². The number of fused-ring (bicyclic) bond motifs is 1. The van der Waals surface area contributed by atoms with Crippen molar-refractivity contribution in [3.63, 3.8) is 0 Å². The van der Waals surface area contributed by atoms with Crippen molar-refractivity contribution in [3.8, 4) is 0 Å². The van der Waals surface area contributed by atoms with Gasteiger partial charge in [-0.2, -0.15) is 0 Å². The zero-order chi connectivity index (χ0) is 19.2. The van der Waals surface area contributed by atoms with Gasteiger partial charge in [0.2, 0.25) is 0 Å². The lowest BCUT2D eigenvalue weighted by atomic mass is 10.0. The normalized spacial score (nSPS) is 13.8. The zero-order valence-electron chi connectivity index (χ0n) is 17.3. The molecule has 5 heteroatoms. The Morgan fingerprint density at radius 3 is 1.46 bits per heavy atom. The van der Waals surface area contributed by atoms with Gasteiger partial charge in [-0.1, -0.05) is 12.1 Å². The number of anilines is 5. The molecule has 2 aromatic rings. The Balaban J connectivity index is 2.24.